The number of nitrogens with zero attached hydrogens (tertiary/aromatic N) is 2. The molecule has 0 bridgehead atoms. The van der Waals surface area contributed by atoms with Crippen molar-refractivity contribution in [2.45, 2.75) is 32.2 Å². The lowest BCUT2D eigenvalue weighted by atomic mass is 9.89. The van der Waals surface area contributed by atoms with Crippen molar-refractivity contribution in [2.75, 3.05) is 5.33 Å². The molecule has 0 amide bonds. The predicted molar refractivity (Wildman–Crippen MR) is 63.2 cm³/mol. The maximum atomic E-state index is 11.6. The molecule has 1 aliphatic rings. The van der Waals surface area contributed by atoms with Crippen LogP contribution in [0.1, 0.15) is 25.7 Å². The topological polar surface area (TPSA) is 34.9 Å². The zero-order valence-electron chi connectivity index (χ0n) is 8.66. The number of alkyl halides is 1. The third-order valence-corrected chi connectivity index (χ3v) is 4.41. The fourth-order valence-electron chi connectivity index (χ4n) is 2.28. The predicted octanol–water partition coefficient (Wildman–Crippen LogP) is 2.20. The van der Waals surface area contributed by atoms with E-state index in [0.29, 0.717) is 0 Å². The van der Waals surface area contributed by atoms with Crippen molar-refractivity contribution in [1.82, 2.24) is 9.78 Å². The van der Waals surface area contributed by atoms with Crippen LogP contribution in [0.5, 0.6) is 0 Å². The zero-order valence-corrected chi connectivity index (χ0v) is 10.2. The molecule has 3 nitrogen and oxygen atoms in total. The molecule has 0 radical (unpaired) electrons. The summed E-state index contributed by atoms with van der Waals surface area (Å²) in [5.74, 6) is 0. The van der Waals surface area contributed by atoms with Crippen molar-refractivity contribution in [3.05, 3.63) is 28.7 Å². The largest absolute Gasteiger partial charge is 0.268 e. The van der Waals surface area contributed by atoms with E-state index in [2.05, 4.69) is 21.0 Å². The Morgan fingerprint density at radius 1 is 1.47 bits per heavy atom. The van der Waals surface area contributed by atoms with Gasteiger partial charge in [0.25, 0.3) is 5.56 Å². The number of rotatable bonds is 3. The van der Waals surface area contributed by atoms with Gasteiger partial charge in [0.15, 0.2) is 0 Å². The van der Waals surface area contributed by atoms with Crippen molar-refractivity contribution in [3.8, 4) is 0 Å². The van der Waals surface area contributed by atoms with Crippen molar-refractivity contribution in [2.24, 2.45) is 5.41 Å². The van der Waals surface area contributed by atoms with E-state index in [4.69, 9.17) is 0 Å². The molecule has 0 unspecified atom stereocenters. The molecule has 1 heterocycles. The van der Waals surface area contributed by atoms with Crippen LogP contribution < -0.4 is 5.56 Å². The molecule has 0 saturated heterocycles. The smallest absolute Gasteiger partial charge is 0.266 e. The van der Waals surface area contributed by atoms with E-state index in [1.165, 1.54) is 25.7 Å². The molecule has 1 saturated carbocycles. The first kappa shape index (κ1) is 10.9. The van der Waals surface area contributed by atoms with Gasteiger partial charge in [0.1, 0.15) is 0 Å². The molecular formula is C11H15BrN2O. The van der Waals surface area contributed by atoms with Gasteiger partial charge in [-0.25, -0.2) is 4.68 Å². The van der Waals surface area contributed by atoms with Gasteiger partial charge in [-0.1, -0.05) is 28.8 Å². The second kappa shape index (κ2) is 4.47. The summed E-state index contributed by atoms with van der Waals surface area (Å²) in [5, 5.41) is 5.08. The third-order valence-electron chi connectivity index (χ3n) is 3.22. The highest BCUT2D eigenvalue weighted by Crippen LogP contribution is 2.40. The first-order valence-corrected chi connectivity index (χ1v) is 6.46. The number of halogens is 1. The van der Waals surface area contributed by atoms with Crippen molar-refractivity contribution >= 4 is 15.9 Å². The van der Waals surface area contributed by atoms with E-state index in [1.54, 1.807) is 23.0 Å². The fourth-order valence-corrected chi connectivity index (χ4v) is 3.02. The standard InChI is InChI=1S/C11H15BrN2O/c12-8-11(5-1-2-6-11)9-14-10(15)4-3-7-13-14/h3-4,7H,1-2,5-6,8-9H2. The summed E-state index contributed by atoms with van der Waals surface area (Å²) in [7, 11) is 0. The summed E-state index contributed by atoms with van der Waals surface area (Å²) in [6.07, 6.45) is 6.61. The number of aromatic nitrogens is 2. The molecule has 0 aromatic carbocycles. The summed E-state index contributed by atoms with van der Waals surface area (Å²) in [6.45, 7) is 0.748. The lowest BCUT2D eigenvalue weighted by Gasteiger charge is -2.26. The molecular weight excluding hydrogens is 256 g/mol. The third kappa shape index (κ3) is 2.30. The average Bonchev–Trinajstić information content (AvgIpc) is 2.71. The second-order valence-electron chi connectivity index (χ2n) is 4.36. The van der Waals surface area contributed by atoms with Gasteiger partial charge in [-0.05, 0) is 24.3 Å². The Bertz CT molecular complexity index is 382. The molecule has 2 rings (SSSR count). The van der Waals surface area contributed by atoms with E-state index in [9.17, 15) is 4.79 Å². The highest BCUT2D eigenvalue weighted by atomic mass is 79.9. The molecule has 0 spiro atoms. The highest BCUT2D eigenvalue weighted by Gasteiger charge is 2.33. The molecule has 1 aromatic heterocycles. The van der Waals surface area contributed by atoms with Crippen molar-refractivity contribution in [1.29, 1.82) is 0 Å². The summed E-state index contributed by atoms with van der Waals surface area (Å²) in [5.41, 5.74) is 0.253. The van der Waals surface area contributed by atoms with Gasteiger partial charge in [0.05, 0.1) is 6.54 Å². The van der Waals surface area contributed by atoms with E-state index in [0.717, 1.165) is 11.9 Å². The monoisotopic (exact) mass is 270 g/mol. The van der Waals surface area contributed by atoms with Gasteiger partial charge in [-0.3, -0.25) is 4.79 Å². The van der Waals surface area contributed by atoms with Gasteiger partial charge in [-0.15, -0.1) is 0 Å². The normalized spacial score (nSPS) is 19.3. The maximum Gasteiger partial charge on any atom is 0.266 e. The Hall–Kier alpha value is -0.640. The molecule has 1 aromatic rings. The minimum Gasteiger partial charge on any atom is -0.268 e. The molecule has 4 heteroatoms. The zero-order chi connectivity index (χ0) is 10.7. The molecule has 0 atom stereocenters. The lowest BCUT2D eigenvalue weighted by Crippen LogP contribution is -2.32. The van der Waals surface area contributed by atoms with Gasteiger partial charge >= 0.3 is 0 Å². The quantitative estimate of drug-likeness (QED) is 0.790. The Balaban J connectivity index is 2.20. The van der Waals surface area contributed by atoms with E-state index < -0.39 is 0 Å². The van der Waals surface area contributed by atoms with Crippen molar-refractivity contribution in [3.63, 3.8) is 0 Å². The van der Waals surface area contributed by atoms with Crippen LogP contribution >= 0.6 is 15.9 Å². The van der Waals surface area contributed by atoms with Crippen LogP contribution in [-0.4, -0.2) is 15.1 Å². The maximum absolute atomic E-state index is 11.6. The van der Waals surface area contributed by atoms with Gasteiger partial charge < -0.3 is 0 Å². The minimum atomic E-state index is 0.00438. The SMILES string of the molecule is O=c1cccnn1CC1(CBr)CCCC1. The van der Waals surface area contributed by atoms with Crippen LogP contribution in [-0.2, 0) is 6.54 Å². The molecule has 0 N–H and O–H groups in total. The Morgan fingerprint density at radius 3 is 2.80 bits per heavy atom. The van der Waals surface area contributed by atoms with Crippen molar-refractivity contribution < 1.29 is 0 Å². The van der Waals surface area contributed by atoms with Crippen LogP contribution in [0.25, 0.3) is 0 Å². The van der Waals surface area contributed by atoms with Crippen LogP contribution in [0.2, 0.25) is 0 Å². The summed E-state index contributed by atoms with van der Waals surface area (Å²) in [6, 6.07) is 3.26. The first-order chi connectivity index (χ1) is 7.26. The van der Waals surface area contributed by atoms with E-state index in [1.807, 2.05) is 0 Å². The van der Waals surface area contributed by atoms with E-state index in [-0.39, 0.29) is 11.0 Å². The minimum absolute atomic E-state index is 0.00438. The molecule has 15 heavy (non-hydrogen) atoms. The number of hydrogen-bond acceptors (Lipinski definition) is 2. The summed E-state index contributed by atoms with van der Waals surface area (Å²) in [4.78, 5) is 11.6. The molecule has 1 aliphatic carbocycles. The van der Waals surface area contributed by atoms with Gasteiger partial charge in [0.2, 0.25) is 0 Å². The molecule has 0 aliphatic heterocycles. The van der Waals surface area contributed by atoms with Gasteiger partial charge in [0, 0.05) is 17.6 Å². The van der Waals surface area contributed by atoms with Crippen LogP contribution in [0.3, 0.4) is 0 Å². The van der Waals surface area contributed by atoms with Crippen LogP contribution in [0.15, 0.2) is 23.1 Å². The Kier molecular flexibility index (Phi) is 3.24. The molecule has 1 fully saturated rings. The lowest BCUT2D eigenvalue weighted by molar-refractivity contribution is 0.271. The van der Waals surface area contributed by atoms with Crippen LogP contribution in [0.4, 0.5) is 0 Å². The summed E-state index contributed by atoms with van der Waals surface area (Å²) < 4.78 is 1.59. The van der Waals surface area contributed by atoms with Crippen LogP contribution in [0, 0.1) is 5.41 Å². The van der Waals surface area contributed by atoms with E-state index >= 15 is 0 Å². The average molecular weight is 271 g/mol. The highest BCUT2D eigenvalue weighted by molar-refractivity contribution is 9.09. The Morgan fingerprint density at radius 2 is 2.20 bits per heavy atom. The summed E-state index contributed by atoms with van der Waals surface area (Å²) >= 11 is 3.57. The fraction of sp³-hybridized carbons (Fsp3) is 0.636. The first-order valence-electron chi connectivity index (χ1n) is 5.34. The second-order valence-corrected chi connectivity index (χ2v) is 4.92. The van der Waals surface area contributed by atoms with Gasteiger partial charge in [-0.2, -0.15) is 5.10 Å². The number of hydrogen-bond donors (Lipinski definition) is 0. The Labute approximate surface area is 97.6 Å². The molecule has 82 valence electrons.